The lowest BCUT2D eigenvalue weighted by atomic mass is 10.1. The predicted molar refractivity (Wildman–Crippen MR) is 74.1 cm³/mol. The van der Waals surface area contributed by atoms with Gasteiger partial charge in [0, 0.05) is 6.54 Å². The molecule has 0 atom stereocenters. The fraction of sp³-hybridized carbons (Fsp3) is 0.250. The van der Waals surface area contributed by atoms with E-state index in [1.165, 1.54) is 5.56 Å². The van der Waals surface area contributed by atoms with Gasteiger partial charge >= 0.3 is 0 Å². The summed E-state index contributed by atoms with van der Waals surface area (Å²) in [6.45, 7) is 0.879. The first-order valence-corrected chi connectivity index (χ1v) is 6.36. The zero-order chi connectivity index (χ0) is 11.4. The van der Waals surface area contributed by atoms with Gasteiger partial charge < -0.3 is 5.73 Å². The summed E-state index contributed by atoms with van der Waals surface area (Å²) in [4.78, 5) is 0. The summed E-state index contributed by atoms with van der Waals surface area (Å²) < 4.78 is 2.89. The summed E-state index contributed by atoms with van der Waals surface area (Å²) in [5.41, 5.74) is 7.24. The molecule has 0 aliphatic carbocycles. The molecule has 0 saturated heterocycles. The van der Waals surface area contributed by atoms with Gasteiger partial charge in [0.2, 0.25) is 0 Å². The Bertz CT molecular complexity index is 451. The topological polar surface area (TPSA) is 43.8 Å². The summed E-state index contributed by atoms with van der Waals surface area (Å²) in [6, 6.07) is 10.5. The Hall–Kier alpha value is -1.04. The van der Waals surface area contributed by atoms with Crippen molar-refractivity contribution >= 4 is 28.4 Å². The minimum Gasteiger partial charge on any atom is -0.383 e. The molecular weight excluding hydrogens is 313 g/mol. The van der Waals surface area contributed by atoms with Crippen molar-refractivity contribution in [1.82, 2.24) is 9.78 Å². The van der Waals surface area contributed by atoms with Gasteiger partial charge in [-0.1, -0.05) is 30.3 Å². The van der Waals surface area contributed by atoms with Crippen molar-refractivity contribution in [2.45, 2.75) is 19.4 Å². The van der Waals surface area contributed by atoms with Crippen LogP contribution in [0.2, 0.25) is 0 Å². The molecule has 0 amide bonds. The van der Waals surface area contributed by atoms with Gasteiger partial charge in [-0.25, -0.2) is 4.68 Å². The van der Waals surface area contributed by atoms with Crippen molar-refractivity contribution in [3.05, 3.63) is 45.7 Å². The Kier molecular flexibility index (Phi) is 3.82. The van der Waals surface area contributed by atoms with Gasteiger partial charge in [-0.05, 0) is 41.0 Å². The maximum atomic E-state index is 5.88. The zero-order valence-electron chi connectivity index (χ0n) is 8.94. The van der Waals surface area contributed by atoms with Gasteiger partial charge in [0.15, 0.2) is 0 Å². The van der Waals surface area contributed by atoms with Crippen molar-refractivity contribution in [2.75, 3.05) is 5.73 Å². The average molecular weight is 327 g/mol. The molecule has 0 aliphatic rings. The van der Waals surface area contributed by atoms with E-state index in [9.17, 15) is 0 Å². The van der Waals surface area contributed by atoms with E-state index < -0.39 is 0 Å². The van der Waals surface area contributed by atoms with Crippen molar-refractivity contribution in [3.63, 3.8) is 0 Å². The Labute approximate surface area is 109 Å². The van der Waals surface area contributed by atoms with Crippen LogP contribution in [0.15, 0.2) is 36.5 Å². The van der Waals surface area contributed by atoms with Crippen LogP contribution in [0.3, 0.4) is 0 Å². The van der Waals surface area contributed by atoms with E-state index in [4.69, 9.17) is 5.73 Å². The molecule has 84 valence electrons. The third-order valence-corrected chi connectivity index (χ3v) is 3.34. The molecule has 3 nitrogen and oxygen atoms in total. The fourth-order valence-corrected chi connectivity index (χ4v) is 2.03. The highest BCUT2D eigenvalue weighted by Crippen LogP contribution is 2.14. The van der Waals surface area contributed by atoms with Gasteiger partial charge in [-0.2, -0.15) is 5.10 Å². The minimum absolute atomic E-state index is 0.772. The van der Waals surface area contributed by atoms with Crippen molar-refractivity contribution in [2.24, 2.45) is 0 Å². The smallest absolute Gasteiger partial charge is 0.135 e. The highest BCUT2D eigenvalue weighted by atomic mass is 127. The highest BCUT2D eigenvalue weighted by Gasteiger charge is 2.03. The van der Waals surface area contributed by atoms with E-state index in [1.54, 1.807) is 6.20 Å². The second-order valence-corrected chi connectivity index (χ2v) is 4.85. The summed E-state index contributed by atoms with van der Waals surface area (Å²) in [7, 11) is 0. The lowest BCUT2D eigenvalue weighted by molar-refractivity contribution is 0.586. The molecular formula is C12H14IN3. The molecule has 1 aromatic heterocycles. The Balaban J connectivity index is 1.87. The Morgan fingerprint density at radius 2 is 2.00 bits per heavy atom. The molecule has 0 saturated carbocycles. The van der Waals surface area contributed by atoms with Gasteiger partial charge in [-0.15, -0.1) is 0 Å². The number of anilines is 1. The molecule has 0 bridgehead atoms. The second-order valence-electron chi connectivity index (χ2n) is 3.69. The lowest BCUT2D eigenvalue weighted by Crippen LogP contribution is -2.06. The van der Waals surface area contributed by atoms with Crippen LogP contribution in [-0.4, -0.2) is 9.78 Å². The second kappa shape index (κ2) is 5.34. The summed E-state index contributed by atoms with van der Waals surface area (Å²) in [5, 5.41) is 4.23. The number of aryl methyl sites for hydroxylation is 2. The number of hydrogen-bond acceptors (Lipinski definition) is 2. The molecule has 16 heavy (non-hydrogen) atoms. The molecule has 2 aromatic rings. The van der Waals surface area contributed by atoms with Crippen LogP contribution in [0.4, 0.5) is 5.82 Å². The first-order chi connectivity index (χ1) is 7.77. The molecule has 0 fully saturated rings. The molecule has 2 rings (SSSR count). The summed E-state index contributed by atoms with van der Waals surface area (Å²) in [5.74, 6) is 0.772. The number of rotatable bonds is 4. The largest absolute Gasteiger partial charge is 0.383 e. The van der Waals surface area contributed by atoms with E-state index in [2.05, 4.69) is 52.0 Å². The Morgan fingerprint density at radius 3 is 2.62 bits per heavy atom. The molecule has 0 radical (unpaired) electrons. The first kappa shape index (κ1) is 11.4. The third-order valence-electron chi connectivity index (χ3n) is 2.51. The number of nitrogens with zero attached hydrogens (tertiary/aromatic N) is 2. The minimum atomic E-state index is 0.772. The average Bonchev–Trinajstić information content (AvgIpc) is 2.62. The monoisotopic (exact) mass is 327 g/mol. The normalized spacial score (nSPS) is 10.6. The van der Waals surface area contributed by atoms with Crippen molar-refractivity contribution < 1.29 is 0 Å². The third kappa shape index (κ3) is 2.75. The summed E-state index contributed by atoms with van der Waals surface area (Å²) in [6.07, 6.45) is 3.93. The van der Waals surface area contributed by atoms with Crippen LogP contribution in [-0.2, 0) is 13.0 Å². The van der Waals surface area contributed by atoms with Gasteiger partial charge in [0.1, 0.15) is 5.82 Å². The fourth-order valence-electron chi connectivity index (χ4n) is 1.63. The number of aromatic nitrogens is 2. The Morgan fingerprint density at radius 1 is 1.25 bits per heavy atom. The molecule has 1 aromatic carbocycles. The van der Waals surface area contributed by atoms with Crippen LogP contribution in [0.5, 0.6) is 0 Å². The van der Waals surface area contributed by atoms with Crippen LogP contribution in [0.25, 0.3) is 0 Å². The molecule has 1 heterocycles. The first-order valence-electron chi connectivity index (χ1n) is 5.28. The number of hydrogen-bond donors (Lipinski definition) is 1. The maximum Gasteiger partial charge on any atom is 0.135 e. The van der Waals surface area contributed by atoms with Crippen LogP contribution >= 0.6 is 22.6 Å². The van der Waals surface area contributed by atoms with Crippen LogP contribution in [0.1, 0.15) is 12.0 Å². The summed E-state index contributed by atoms with van der Waals surface area (Å²) >= 11 is 2.20. The van der Waals surface area contributed by atoms with E-state index >= 15 is 0 Å². The van der Waals surface area contributed by atoms with Crippen molar-refractivity contribution in [1.29, 1.82) is 0 Å². The number of nitrogens with two attached hydrogens (primary N) is 1. The van der Waals surface area contributed by atoms with E-state index in [0.29, 0.717) is 0 Å². The van der Waals surface area contributed by atoms with Gasteiger partial charge in [0.25, 0.3) is 0 Å². The predicted octanol–water partition coefficient (Wildman–Crippen LogP) is 2.70. The SMILES string of the molecule is Nc1c(I)cnn1CCCc1ccccc1. The molecule has 0 aliphatic heterocycles. The standard InChI is InChI=1S/C12H14IN3/c13-11-9-15-16(12(11)14)8-4-7-10-5-2-1-3-6-10/h1-3,5-6,9H,4,7-8,14H2. The van der Waals surface area contributed by atoms with Gasteiger partial charge in [-0.3, -0.25) is 0 Å². The van der Waals surface area contributed by atoms with Crippen molar-refractivity contribution in [3.8, 4) is 0 Å². The molecule has 4 heteroatoms. The molecule has 0 unspecified atom stereocenters. The van der Waals surface area contributed by atoms with E-state index in [0.717, 1.165) is 28.8 Å². The quantitative estimate of drug-likeness (QED) is 0.878. The maximum absolute atomic E-state index is 5.88. The molecule has 2 N–H and O–H groups in total. The van der Waals surface area contributed by atoms with E-state index in [1.807, 2.05) is 10.7 Å². The molecule has 0 spiro atoms. The van der Waals surface area contributed by atoms with Crippen LogP contribution in [0, 0.1) is 3.57 Å². The zero-order valence-corrected chi connectivity index (χ0v) is 11.1. The number of nitrogen functional groups attached to an aromatic ring is 1. The van der Waals surface area contributed by atoms with E-state index in [-0.39, 0.29) is 0 Å². The lowest BCUT2D eigenvalue weighted by Gasteiger charge is -2.04. The highest BCUT2D eigenvalue weighted by molar-refractivity contribution is 14.1. The number of benzene rings is 1. The van der Waals surface area contributed by atoms with Crippen LogP contribution < -0.4 is 5.73 Å². The van der Waals surface area contributed by atoms with Gasteiger partial charge in [0.05, 0.1) is 9.77 Å². The number of halogens is 1.